The van der Waals surface area contributed by atoms with Gasteiger partial charge in [-0.3, -0.25) is 4.99 Å². The molecule has 0 saturated heterocycles. The van der Waals surface area contributed by atoms with Crippen LogP contribution in [0.3, 0.4) is 0 Å². The zero-order chi connectivity index (χ0) is 19.2. The van der Waals surface area contributed by atoms with Crippen molar-refractivity contribution >= 4 is 53.0 Å². The fourth-order valence-corrected chi connectivity index (χ4v) is 3.75. The minimum Gasteiger partial charge on any atom is -0.356 e. The highest BCUT2D eigenvalue weighted by atomic mass is 127. The second kappa shape index (κ2) is 11.1. The van der Waals surface area contributed by atoms with Crippen molar-refractivity contribution in [3.8, 4) is 0 Å². The summed E-state index contributed by atoms with van der Waals surface area (Å²) in [5.74, 6) is 0.602. The number of aryl methyl sites for hydroxylation is 1. The lowest BCUT2D eigenvalue weighted by molar-refractivity contribution is -0.140. The molecule has 1 aromatic carbocycles. The molecule has 2 aromatic rings. The van der Waals surface area contributed by atoms with E-state index in [0.717, 1.165) is 16.7 Å². The molecule has 4 nitrogen and oxygen atoms in total. The van der Waals surface area contributed by atoms with Gasteiger partial charge in [-0.25, -0.2) is 4.98 Å². The number of hydrogen-bond acceptors (Lipinski definition) is 4. The lowest BCUT2D eigenvalue weighted by atomic mass is 10.1. The van der Waals surface area contributed by atoms with Gasteiger partial charge in [0.15, 0.2) is 11.7 Å². The summed E-state index contributed by atoms with van der Waals surface area (Å²) in [6.45, 7) is 3.12. The number of guanidine groups is 1. The highest BCUT2D eigenvalue weighted by molar-refractivity contribution is 14.0. The van der Waals surface area contributed by atoms with E-state index in [4.69, 9.17) is 0 Å². The van der Waals surface area contributed by atoms with Crippen molar-refractivity contribution in [2.45, 2.75) is 31.0 Å². The molecule has 10 heteroatoms. The van der Waals surface area contributed by atoms with E-state index in [1.807, 2.05) is 6.26 Å². The van der Waals surface area contributed by atoms with Crippen LogP contribution in [0.5, 0.6) is 0 Å². The summed E-state index contributed by atoms with van der Waals surface area (Å²) in [5.41, 5.74) is 1.55. The van der Waals surface area contributed by atoms with Crippen LogP contribution < -0.4 is 10.6 Å². The molecular formula is C17H22F3IN4S2. The molecule has 150 valence electrons. The van der Waals surface area contributed by atoms with Crippen LogP contribution >= 0.6 is 47.1 Å². The third kappa shape index (κ3) is 7.49. The molecule has 2 N–H and O–H groups in total. The molecule has 1 aromatic heterocycles. The van der Waals surface area contributed by atoms with Gasteiger partial charge in [-0.15, -0.1) is 47.1 Å². The number of alkyl halides is 3. The van der Waals surface area contributed by atoms with Gasteiger partial charge in [-0.05, 0) is 30.4 Å². The van der Waals surface area contributed by atoms with Crippen LogP contribution in [0.15, 0.2) is 33.5 Å². The standard InChI is InChI=1S/C17H21F3N4S2.HI/c1-11-4-5-12(13(8-11)25-3)9-23-16(21-2)22-7-6-15-24-14(10-26-15)17(18,19)20;/h4-5,8,10H,6-7,9H2,1-3H3,(H2,21,22,23);1H. The van der Waals surface area contributed by atoms with Gasteiger partial charge in [0.2, 0.25) is 0 Å². The molecule has 0 radical (unpaired) electrons. The normalized spacial score (nSPS) is 11.9. The Morgan fingerprint density at radius 1 is 1.30 bits per heavy atom. The second-order valence-electron chi connectivity index (χ2n) is 5.54. The first-order valence-corrected chi connectivity index (χ1v) is 10.0. The van der Waals surface area contributed by atoms with Crippen molar-refractivity contribution in [3.63, 3.8) is 0 Å². The van der Waals surface area contributed by atoms with Crippen molar-refractivity contribution in [2.24, 2.45) is 4.99 Å². The zero-order valence-corrected chi connectivity index (χ0v) is 19.1. The van der Waals surface area contributed by atoms with E-state index in [1.165, 1.54) is 16.0 Å². The summed E-state index contributed by atoms with van der Waals surface area (Å²) in [6, 6.07) is 6.28. The Bertz CT molecular complexity index is 763. The van der Waals surface area contributed by atoms with Crippen LogP contribution in [0.2, 0.25) is 0 Å². The summed E-state index contributed by atoms with van der Waals surface area (Å²) in [4.78, 5) is 8.97. The van der Waals surface area contributed by atoms with E-state index >= 15 is 0 Å². The summed E-state index contributed by atoms with van der Waals surface area (Å²) in [5, 5.41) is 7.82. The van der Waals surface area contributed by atoms with Gasteiger partial charge in [0.05, 0.1) is 5.01 Å². The van der Waals surface area contributed by atoms with E-state index < -0.39 is 11.9 Å². The summed E-state index contributed by atoms with van der Waals surface area (Å²) in [6.07, 6.45) is -1.95. The van der Waals surface area contributed by atoms with Crippen LogP contribution in [-0.2, 0) is 19.1 Å². The maximum absolute atomic E-state index is 12.6. The van der Waals surface area contributed by atoms with Crippen molar-refractivity contribution in [3.05, 3.63) is 45.4 Å². The maximum atomic E-state index is 12.6. The van der Waals surface area contributed by atoms with E-state index in [-0.39, 0.29) is 24.0 Å². The Morgan fingerprint density at radius 3 is 2.63 bits per heavy atom. The predicted octanol–water partition coefficient (Wildman–Crippen LogP) is 4.72. The molecule has 0 saturated carbocycles. The molecule has 0 bridgehead atoms. The van der Waals surface area contributed by atoms with Gasteiger partial charge >= 0.3 is 6.18 Å². The quantitative estimate of drug-likeness (QED) is 0.246. The third-order valence-corrected chi connectivity index (χ3v) is 5.31. The van der Waals surface area contributed by atoms with Crippen molar-refractivity contribution in [1.82, 2.24) is 15.6 Å². The first kappa shape index (κ1) is 24.0. The Kier molecular flexibility index (Phi) is 9.88. The average molecular weight is 530 g/mol. The smallest absolute Gasteiger partial charge is 0.356 e. The summed E-state index contributed by atoms with van der Waals surface area (Å²) >= 11 is 2.71. The molecule has 2 rings (SSSR count). The monoisotopic (exact) mass is 530 g/mol. The zero-order valence-electron chi connectivity index (χ0n) is 15.2. The number of halogens is 4. The Morgan fingerprint density at radius 2 is 2.04 bits per heavy atom. The number of aromatic nitrogens is 1. The predicted molar refractivity (Wildman–Crippen MR) is 117 cm³/mol. The molecule has 0 amide bonds. The minimum absolute atomic E-state index is 0. The number of thioether (sulfide) groups is 1. The average Bonchev–Trinajstić information content (AvgIpc) is 3.08. The number of aliphatic imine (C=N–C) groups is 1. The highest BCUT2D eigenvalue weighted by Gasteiger charge is 2.33. The minimum atomic E-state index is -4.39. The maximum Gasteiger partial charge on any atom is 0.434 e. The van der Waals surface area contributed by atoms with Gasteiger partial charge in [0, 0.05) is 36.8 Å². The molecule has 1 heterocycles. The van der Waals surface area contributed by atoms with Crippen LogP contribution in [0.4, 0.5) is 13.2 Å². The van der Waals surface area contributed by atoms with E-state index in [1.54, 1.807) is 18.8 Å². The van der Waals surface area contributed by atoms with E-state index in [2.05, 4.69) is 45.7 Å². The number of benzene rings is 1. The Hall–Kier alpha value is -1.01. The Balaban J connectivity index is 0.00000364. The summed E-state index contributed by atoms with van der Waals surface area (Å²) < 4.78 is 37.7. The SMILES string of the molecule is CN=C(NCCc1nc(C(F)(F)F)cs1)NCc1ccc(C)cc1SC.I. The van der Waals surface area contributed by atoms with Gasteiger partial charge in [-0.2, -0.15) is 13.2 Å². The molecule has 0 aliphatic heterocycles. The highest BCUT2D eigenvalue weighted by Crippen LogP contribution is 2.30. The number of nitrogens with zero attached hydrogens (tertiary/aromatic N) is 2. The topological polar surface area (TPSA) is 49.3 Å². The molecular weight excluding hydrogens is 508 g/mol. The Labute approximate surface area is 182 Å². The van der Waals surface area contributed by atoms with Gasteiger partial charge in [0.1, 0.15) is 0 Å². The van der Waals surface area contributed by atoms with Gasteiger partial charge < -0.3 is 10.6 Å². The lowest BCUT2D eigenvalue weighted by Crippen LogP contribution is -2.38. The number of thiazole rings is 1. The molecule has 0 spiro atoms. The van der Waals surface area contributed by atoms with Gasteiger partial charge in [0.25, 0.3) is 0 Å². The molecule has 0 unspecified atom stereocenters. The second-order valence-corrected chi connectivity index (χ2v) is 7.33. The van der Waals surface area contributed by atoms with E-state index in [9.17, 15) is 13.2 Å². The van der Waals surface area contributed by atoms with Crippen LogP contribution in [-0.4, -0.2) is 30.8 Å². The van der Waals surface area contributed by atoms with Crippen molar-refractivity contribution in [1.29, 1.82) is 0 Å². The molecule has 0 aliphatic rings. The van der Waals surface area contributed by atoms with Crippen LogP contribution in [0.25, 0.3) is 0 Å². The van der Waals surface area contributed by atoms with Crippen molar-refractivity contribution in [2.75, 3.05) is 19.8 Å². The van der Waals surface area contributed by atoms with Crippen LogP contribution in [0.1, 0.15) is 21.8 Å². The molecule has 0 atom stereocenters. The first-order chi connectivity index (χ1) is 12.3. The van der Waals surface area contributed by atoms with Crippen LogP contribution in [0, 0.1) is 6.92 Å². The van der Waals surface area contributed by atoms with E-state index in [0.29, 0.717) is 30.5 Å². The molecule has 0 fully saturated rings. The molecule has 0 aliphatic carbocycles. The van der Waals surface area contributed by atoms with Gasteiger partial charge in [-0.1, -0.05) is 12.1 Å². The number of rotatable bonds is 6. The van der Waals surface area contributed by atoms with Crippen molar-refractivity contribution < 1.29 is 13.2 Å². The third-order valence-electron chi connectivity index (χ3n) is 3.59. The number of hydrogen-bond donors (Lipinski definition) is 2. The fraction of sp³-hybridized carbons (Fsp3) is 0.412. The largest absolute Gasteiger partial charge is 0.434 e. The lowest BCUT2D eigenvalue weighted by Gasteiger charge is -2.13. The molecule has 27 heavy (non-hydrogen) atoms. The summed E-state index contributed by atoms with van der Waals surface area (Å²) in [7, 11) is 1.66. The fourth-order valence-electron chi connectivity index (χ4n) is 2.24. The number of nitrogens with one attached hydrogen (secondary N) is 2. The first-order valence-electron chi connectivity index (χ1n) is 7.93.